The lowest BCUT2D eigenvalue weighted by Crippen LogP contribution is -2.22. The molecule has 15 heavy (non-hydrogen) atoms. The molecule has 6 heteroatoms. The molecule has 0 aliphatic rings. The summed E-state index contributed by atoms with van der Waals surface area (Å²) in [5.41, 5.74) is 0.669. The normalized spacial score (nSPS) is 9.40. The largest absolute Gasteiger partial charge is 0.477 e. The van der Waals surface area contributed by atoms with Crippen LogP contribution in [0.4, 0.5) is 4.79 Å². The number of amides is 1. The Morgan fingerprint density at radius 2 is 2.27 bits per heavy atom. The second-order valence-electron chi connectivity index (χ2n) is 2.70. The average Bonchev–Trinajstić information content (AvgIpc) is 2.26. The van der Waals surface area contributed by atoms with Crippen molar-refractivity contribution >= 4 is 12.1 Å². The van der Waals surface area contributed by atoms with E-state index in [1.54, 1.807) is 6.07 Å². The minimum atomic E-state index is -1.08. The fraction of sp³-hybridized carbons (Fsp3) is 0.222. The maximum Gasteiger partial charge on any atom is 0.407 e. The van der Waals surface area contributed by atoms with E-state index in [-0.39, 0.29) is 12.2 Å². The summed E-state index contributed by atoms with van der Waals surface area (Å²) in [6.07, 6.45) is 0.844. The molecular formula is C9H10N2O4. The molecule has 0 spiro atoms. The quantitative estimate of drug-likeness (QED) is 0.764. The molecule has 0 atom stereocenters. The molecule has 1 amide bonds. The maximum atomic E-state index is 10.7. The SMILES string of the molecule is COC(=O)NCc1ccc(C(=O)O)nc1. The number of carbonyl (C=O) groups is 2. The van der Waals surface area contributed by atoms with Gasteiger partial charge in [0.05, 0.1) is 7.11 Å². The maximum absolute atomic E-state index is 10.7. The molecule has 0 unspecified atom stereocenters. The number of ether oxygens (including phenoxy) is 1. The zero-order valence-corrected chi connectivity index (χ0v) is 8.06. The van der Waals surface area contributed by atoms with E-state index in [1.165, 1.54) is 19.4 Å². The number of nitrogens with one attached hydrogen (secondary N) is 1. The molecule has 6 nitrogen and oxygen atoms in total. The van der Waals surface area contributed by atoms with E-state index < -0.39 is 12.1 Å². The van der Waals surface area contributed by atoms with Crippen LogP contribution in [0, 0.1) is 0 Å². The first kappa shape index (κ1) is 11.0. The number of carboxylic acid groups (broad SMARTS) is 1. The van der Waals surface area contributed by atoms with Crippen LogP contribution >= 0.6 is 0 Å². The molecule has 0 aromatic carbocycles. The van der Waals surface area contributed by atoms with Gasteiger partial charge in [0.1, 0.15) is 5.69 Å². The van der Waals surface area contributed by atoms with Gasteiger partial charge in [0.2, 0.25) is 0 Å². The molecule has 0 saturated carbocycles. The molecular weight excluding hydrogens is 200 g/mol. The Labute approximate surface area is 85.9 Å². The number of aromatic carboxylic acids is 1. The summed E-state index contributed by atoms with van der Waals surface area (Å²) in [6.45, 7) is 0.250. The van der Waals surface area contributed by atoms with Gasteiger partial charge in [-0.2, -0.15) is 0 Å². The highest BCUT2D eigenvalue weighted by molar-refractivity contribution is 5.85. The van der Waals surface area contributed by atoms with Gasteiger partial charge in [0.25, 0.3) is 0 Å². The molecule has 1 heterocycles. The van der Waals surface area contributed by atoms with Crippen molar-refractivity contribution in [2.24, 2.45) is 0 Å². The highest BCUT2D eigenvalue weighted by Crippen LogP contribution is 2.00. The van der Waals surface area contributed by atoms with Crippen LogP contribution in [-0.2, 0) is 11.3 Å². The van der Waals surface area contributed by atoms with Crippen molar-refractivity contribution in [1.29, 1.82) is 0 Å². The number of aromatic nitrogens is 1. The van der Waals surface area contributed by atoms with Crippen LogP contribution in [0.3, 0.4) is 0 Å². The van der Waals surface area contributed by atoms with Crippen LogP contribution in [0.1, 0.15) is 16.1 Å². The molecule has 2 N–H and O–H groups in total. The van der Waals surface area contributed by atoms with E-state index in [0.717, 1.165) is 0 Å². The summed E-state index contributed by atoms with van der Waals surface area (Å²) in [6, 6.07) is 2.95. The second-order valence-corrected chi connectivity index (χ2v) is 2.70. The van der Waals surface area contributed by atoms with Gasteiger partial charge >= 0.3 is 12.1 Å². The fourth-order valence-electron chi connectivity index (χ4n) is 0.902. The third-order valence-electron chi connectivity index (χ3n) is 1.67. The van der Waals surface area contributed by atoms with E-state index >= 15 is 0 Å². The van der Waals surface area contributed by atoms with Crippen LogP contribution in [0.5, 0.6) is 0 Å². The Bertz CT molecular complexity index is 361. The predicted octanol–water partition coefficient (Wildman–Crippen LogP) is 0.636. The van der Waals surface area contributed by atoms with Crippen molar-refractivity contribution in [2.45, 2.75) is 6.54 Å². The minimum Gasteiger partial charge on any atom is -0.477 e. The van der Waals surface area contributed by atoms with Gasteiger partial charge in [-0.15, -0.1) is 0 Å². The molecule has 1 aromatic rings. The predicted molar refractivity (Wildman–Crippen MR) is 50.4 cm³/mol. The first-order valence-electron chi connectivity index (χ1n) is 4.13. The standard InChI is InChI=1S/C9H10N2O4/c1-15-9(14)11-5-6-2-3-7(8(12)13)10-4-6/h2-4H,5H2,1H3,(H,11,14)(H,12,13). The molecule has 80 valence electrons. The molecule has 0 aliphatic carbocycles. The van der Waals surface area contributed by atoms with Crippen LogP contribution < -0.4 is 5.32 Å². The number of hydrogen-bond acceptors (Lipinski definition) is 4. The zero-order valence-electron chi connectivity index (χ0n) is 8.06. The van der Waals surface area contributed by atoms with Gasteiger partial charge in [-0.1, -0.05) is 6.07 Å². The van der Waals surface area contributed by atoms with Crippen molar-refractivity contribution in [1.82, 2.24) is 10.3 Å². The minimum absolute atomic E-state index is 0.0307. The van der Waals surface area contributed by atoms with Crippen molar-refractivity contribution < 1.29 is 19.4 Å². The van der Waals surface area contributed by atoms with Gasteiger partial charge < -0.3 is 15.2 Å². The van der Waals surface area contributed by atoms with Gasteiger partial charge in [0.15, 0.2) is 0 Å². The van der Waals surface area contributed by atoms with Crippen molar-refractivity contribution in [3.8, 4) is 0 Å². The number of nitrogens with zero attached hydrogens (tertiary/aromatic N) is 1. The average molecular weight is 210 g/mol. The van der Waals surface area contributed by atoms with Crippen molar-refractivity contribution in [3.63, 3.8) is 0 Å². The van der Waals surface area contributed by atoms with Gasteiger partial charge in [-0.25, -0.2) is 14.6 Å². The van der Waals surface area contributed by atoms with Gasteiger partial charge in [-0.3, -0.25) is 0 Å². The van der Waals surface area contributed by atoms with Gasteiger partial charge in [0, 0.05) is 12.7 Å². The highest BCUT2D eigenvalue weighted by Gasteiger charge is 2.04. The summed E-state index contributed by atoms with van der Waals surface area (Å²) in [4.78, 5) is 24.9. The first-order valence-corrected chi connectivity index (χ1v) is 4.13. The number of hydrogen-bond donors (Lipinski definition) is 2. The second kappa shape index (κ2) is 4.94. The summed E-state index contributed by atoms with van der Waals surface area (Å²) in [5, 5.41) is 11.0. The Morgan fingerprint density at radius 1 is 1.53 bits per heavy atom. The van der Waals surface area contributed by atoms with E-state index in [2.05, 4.69) is 15.0 Å². The number of methoxy groups -OCH3 is 1. The Balaban J connectivity index is 2.57. The third-order valence-corrected chi connectivity index (χ3v) is 1.67. The fourth-order valence-corrected chi connectivity index (χ4v) is 0.902. The molecule has 1 aromatic heterocycles. The summed E-state index contributed by atoms with van der Waals surface area (Å²) in [5.74, 6) is -1.08. The van der Waals surface area contributed by atoms with Crippen LogP contribution in [0.2, 0.25) is 0 Å². The molecule has 0 fully saturated rings. The first-order chi connectivity index (χ1) is 7.13. The number of alkyl carbamates (subject to hydrolysis) is 1. The lowest BCUT2D eigenvalue weighted by atomic mass is 10.2. The summed E-state index contributed by atoms with van der Waals surface area (Å²) in [7, 11) is 1.26. The number of pyridine rings is 1. The van der Waals surface area contributed by atoms with Gasteiger partial charge in [-0.05, 0) is 11.6 Å². The molecule has 0 bridgehead atoms. The van der Waals surface area contributed by atoms with Crippen molar-refractivity contribution in [2.75, 3.05) is 7.11 Å². The monoisotopic (exact) mass is 210 g/mol. The number of carboxylic acids is 1. The van der Waals surface area contributed by atoms with E-state index in [9.17, 15) is 9.59 Å². The van der Waals surface area contributed by atoms with Crippen LogP contribution in [0.25, 0.3) is 0 Å². The Morgan fingerprint density at radius 3 is 2.73 bits per heavy atom. The lowest BCUT2D eigenvalue weighted by molar-refractivity contribution is 0.0690. The van der Waals surface area contributed by atoms with Crippen molar-refractivity contribution in [3.05, 3.63) is 29.6 Å². The number of rotatable bonds is 3. The lowest BCUT2D eigenvalue weighted by Gasteiger charge is -2.03. The van der Waals surface area contributed by atoms with Crippen LogP contribution in [-0.4, -0.2) is 29.3 Å². The summed E-state index contributed by atoms with van der Waals surface area (Å²) >= 11 is 0. The molecule has 0 saturated heterocycles. The zero-order chi connectivity index (χ0) is 11.3. The molecule has 0 radical (unpaired) electrons. The topological polar surface area (TPSA) is 88.5 Å². The Kier molecular flexibility index (Phi) is 3.61. The smallest absolute Gasteiger partial charge is 0.407 e. The third kappa shape index (κ3) is 3.26. The number of carbonyl (C=O) groups excluding carboxylic acids is 1. The van der Waals surface area contributed by atoms with E-state index in [0.29, 0.717) is 5.56 Å². The highest BCUT2D eigenvalue weighted by atomic mass is 16.5. The molecule has 0 aliphatic heterocycles. The van der Waals surface area contributed by atoms with E-state index in [1.807, 2.05) is 0 Å². The molecule has 1 rings (SSSR count). The summed E-state index contributed by atoms with van der Waals surface area (Å²) < 4.78 is 4.37. The van der Waals surface area contributed by atoms with Crippen LogP contribution in [0.15, 0.2) is 18.3 Å². The van der Waals surface area contributed by atoms with E-state index in [4.69, 9.17) is 5.11 Å². The Hall–Kier alpha value is -2.11.